The highest BCUT2D eigenvalue weighted by Gasteiger charge is 2.32. The number of carbonyl (C=O) groups excluding carboxylic acids is 1. The molecule has 1 aliphatic carbocycles. The van der Waals surface area contributed by atoms with E-state index in [-0.39, 0.29) is 6.10 Å². The number of likely N-dealkylation sites (tertiary alicyclic amines) is 1. The first kappa shape index (κ1) is 22.2. The summed E-state index contributed by atoms with van der Waals surface area (Å²) in [6.07, 6.45) is 18.3. The zero-order valence-electron chi connectivity index (χ0n) is 18.7. The number of oxime groups is 1. The first-order valence-corrected chi connectivity index (χ1v) is 12.0. The van der Waals surface area contributed by atoms with Gasteiger partial charge < -0.3 is 9.74 Å². The van der Waals surface area contributed by atoms with E-state index < -0.39 is 0 Å². The van der Waals surface area contributed by atoms with Gasteiger partial charge in [-0.3, -0.25) is 4.79 Å². The third-order valence-corrected chi connectivity index (χ3v) is 7.34. The molecule has 4 nitrogen and oxygen atoms in total. The Morgan fingerprint density at radius 1 is 1.10 bits per heavy atom. The minimum Gasteiger partial charge on any atom is -0.387 e. The van der Waals surface area contributed by atoms with Crippen LogP contribution in [0.2, 0.25) is 6.32 Å². The maximum atomic E-state index is 11.9. The summed E-state index contributed by atoms with van der Waals surface area (Å²) in [5, 5.41) is 4.51. The Hall–Kier alpha value is -1.52. The largest absolute Gasteiger partial charge is 0.387 e. The van der Waals surface area contributed by atoms with Crippen molar-refractivity contribution in [3.8, 4) is 0 Å². The lowest BCUT2D eigenvalue weighted by molar-refractivity contribution is -0.130. The second-order valence-electron chi connectivity index (χ2n) is 9.06. The first-order valence-electron chi connectivity index (χ1n) is 12.0. The molecule has 1 atom stereocenters. The van der Waals surface area contributed by atoms with E-state index in [9.17, 15) is 4.79 Å². The smallest absolute Gasteiger partial charge is 0.214 e. The number of allylic oxidation sites excluding steroid dienone is 2. The number of nitrogens with zero attached hydrogens (tertiary/aromatic N) is 2. The van der Waals surface area contributed by atoms with Gasteiger partial charge in [0.2, 0.25) is 5.91 Å². The third-order valence-electron chi connectivity index (χ3n) is 7.34. The second kappa shape index (κ2) is 11.0. The van der Waals surface area contributed by atoms with E-state index in [0.717, 1.165) is 31.3 Å². The van der Waals surface area contributed by atoms with E-state index >= 15 is 0 Å². The number of hydrogen-bond donors (Lipinski definition) is 0. The van der Waals surface area contributed by atoms with Crippen LogP contribution in [-0.2, 0) is 9.63 Å². The average molecular weight is 398 g/mol. The van der Waals surface area contributed by atoms with Crippen molar-refractivity contribution in [1.29, 1.82) is 0 Å². The summed E-state index contributed by atoms with van der Waals surface area (Å²) in [6.45, 7) is 6.09. The highest BCUT2D eigenvalue weighted by atomic mass is 16.6. The fourth-order valence-electron chi connectivity index (χ4n) is 5.59. The molecule has 160 valence electrons. The van der Waals surface area contributed by atoms with Gasteiger partial charge in [0.1, 0.15) is 7.85 Å². The number of rotatable bonds is 5. The van der Waals surface area contributed by atoms with Crippen LogP contribution in [0.15, 0.2) is 29.0 Å². The molecule has 1 unspecified atom stereocenters. The minimum atomic E-state index is 0.111. The molecule has 0 aromatic rings. The van der Waals surface area contributed by atoms with Gasteiger partial charge in [-0.25, -0.2) is 0 Å². The molecule has 1 amide bonds. The Morgan fingerprint density at radius 2 is 1.76 bits per heavy atom. The monoisotopic (exact) mass is 398 g/mol. The van der Waals surface area contributed by atoms with Gasteiger partial charge in [-0.15, -0.1) is 0 Å². The molecule has 5 heteroatoms. The number of hydrogen-bond acceptors (Lipinski definition) is 3. The summed E-state index contributed by atoms with van der Waals surface area (Å²) in [7, 11) is 1.97. The standard InChI is InChI=1S/C24H39BN2O2/c1-3-7-18(4-2)23-16-22(26-29-23)21-10-5-8-19(9-6-11-21)20-12-14-27(15-13-20)24(28)17-25/h3-4,7,19-21,23H,5-6,8-17,25H2,1-2H3/b7-3-,18-4+. The Kier molecular flexibility index (Phi) is 8.44. The minimum absolute atomic E-state index is 0.111. The Morgan fingerprint density at radius 3 is 2.34 bits per heavy atom. The molecule has 0 radical (unpaired) electrons. The van der Waals surface area contributed by atoms with Crippen molar-refractivity contribution in [3.05, 3.63) is 23.8 Å². The molecule has 2 aliphatic heterocycles. The molecule has 3 rings (SSSR count). The SMILES string of the molecule is BCC(=O)N1CCC(C2CCCC(C3=NOC(C(/C=C\C)=C/C)C3)CCC2)CC1. The zero-order chi connectivity index (χ0) is 20.6. The van der Waals surface area contributed by atoms with E-state index in [1.54, 1.807) is 0 Å². The van der Waals surface area contributed by atoms with Crippen LogP contribution < -0.4 is 0 Å². The molecule has 2 fully saturated rings. The van der Waals surface area contributed by atoms with E-state index in [0.29, 0.717) is 18.1 Å². The third kappa shape index (κ3) is 5.76. The Labute approximate surface area is 178 Å². The molecular weight excluding hydrogens is 359 g/mol. The topological polar surface area (TPSA) is 41.9 Å². The van der Waals surface area contributed by atoms with Gasteiger partial charge >= 0.3 is 0 Å². The van der Waals surface area contributed by atoms with E-state index in [1.165, 1.54) is 62.7 Å². The molecule has 0 aromatic heterocycles. The van der Waals surface area contributed by atoms with Crippen LogP contribution in [0.5, 0.6) is 0 Å². The average Bonchev–Trinajstić information content (AvgIpc) is 3.21. The van der Waals surface area contributed by atoms with Crippen LogP contribution in [0.25, 0.3) is 0 Å². The van der Waals surface area contributed by atoms with Gasteiger partial charge in [0.25, 0.3) is 0 Å². The van der Waals surface area contributed by atoms with Crippen molar-refractivity contribution in [1.82, 2.24) is 4.90 Å². The number of carbonyl (C=O) groups is 1. The molecule has 2 heterocycles. The van der Waals surface area contributed by atoms with Crippen LogP contribution in [0.3, 0.4) is 0 Å². The predicted octanol–water partition coefficient (Wildman–Crippen LogP) is 4.53. The molecule has 0 aromatic carbocycles. The molecule has 0 bridgehead atoms. The van der Waals surface area contributed by atoms with Crippen molar-refractivity contribution in [2.45, 2.75) is 84.1 Å². The van der Waals surface area contributed by atoms with Gasteiger partial charge in [-0.2, -0.15) is 0 Å². The lowest BCUT2D eigenvalue weighted by atomic mass is 9.75. The van der Waals surface area contributed by atoms with Crippen molar-refractivity contribution in [2.24, 2.45) is 22.9 Å². The fraction of sp³-hybridized carbons (Fsp3) is 0.750. The summed E-state index contributed by atoms with van der Waals surface area (Å²) in [4.78, 5) is 19.8. The highest BCUT2D eigenvalue weighted by molar-refractivity contribution is 6.19. The summed E-state index contributed by atoms with van der Waals surface area (Å²) >= 11 is 0. The van der Waals surface area contributed by atoms with Crippen LogP contribution in [0, 0.1) is 17.8 Å². The van der Waals surface area contributed by atoms with Crippen LogP contribution >= 0.6 is 0 Å². The molecule has 29 heavy (non-hydrogen) atoms. The van der Waals surface area contributed by atoms with Gasteiger partial charge in [0, 0.05) is 25.4 Å². The van der Waals surface area contributed by atoms with Gasteiger partial charge in [0.15, 0.2) is 6.10 Å². The van der Waals surface area contributed by atoms with E-state index in [1.807, 2.05) is 7.85 Å². The second-order valence-corrected chi connectivity index (χ2v) is 9.06. The van der Waals surface area contributed by atoms with Crippen LogP contribution in [0.1, 0.15) is 71.6 Å². The van der Waals surface area contributed by atoms with Crippen LogP contribution in [-0.4, -0.2) is 43.6 Å². The maximum Gasteiger partial charge on any atom is 0.214 e. The van der Waals surface area contributed by atoms with Crippen molar-refractivity contribution >= 4 is 19.5 Å². The fourth-order valence-corrected chi connectivity index (χ4v) is 5.59. The van der Waals surface area contributed by atoms with Gasteiger partial charge in [-0.1, -0.05) is 49.1 Å². The molecular formula is C24H39BN2O2. The summed E-state index contributed by atoms with van der Waals surface area (Å²) in [6, 6.07) is 0. The Bertz CT molecular complexity index is 625. The molecule has 0 N–H and O–H groups in total. The van der Waals surface area contributed by atoms with Crippen molar-refractivity contribution in [3.63, 3.8) is 0 Å². The normalized spacial score (nSPS) is 30.0. The zero-order valence-corrected chi connectivity index (χ0v) is 18.7. The summed E-state index contributed by atoms with van der Waals surface area (Å²) in [5.41, 5.74) is 2.54. The van der Waals surface area contributed by atoms with Crippen molar-refractivity contribution < 1.29 is 9.63 Å². The number of piperidine rings is 1. The van der Waals surface area contributed by atoms with Crippen molar-refractivity contribution in [2.75, 3.05) is 13.1 Å². The molecule has 1 saturated heterocycles. The Balaban J connectivity index is 1.45. The van der Waals surface area contributed by atoms with E-state index in [4.69, 9.17) is 4.84 Å². The lowest BCUT2D eigenvalue weighted by Gasteiger charge is -2.37. The predicted molar refractivity (Wildman–Crippen MR) is 123 cm³/mol. The number of amides is 1. The summed E-state index contributed by atoms with van der Waals surface area (Å²) in [5.74, 6) is 2.61. The molecule has 0 spiro atoms. The summed E-state index contributed by atoms with van der Waals surface area (Å²) < 4.78 is 0. The maximum absolute atomic E-state index is 11.9. The molecule has 3 aliphatic rings. The lowest BCUT2D eigenvalue weighted by Crippen LogP contribution is -2.40. The first-order chi connectivity index (χ1) is 14.2. The highest BCUT2D eigenvalue weighted by Crippen LogP contribution is 2.37. The quantitative estimate of drug-likeness (QED) is 0.504. The van der Waals surface area contributed by atoms with Gasteiger partial charge in [0.05, 0.1) is 5.71 Å². The van der Waals surface area contributed by atoms with E-state index in [2.05, 4.69) is 42.1 Å². The van der Waals surface area contributed by atoms with Crippen LogP contribution in [0.4, 0.5) is 0 Å². The van der Waals surface area contributed by atoms with Gasteiger partial charge in [-0.05, 0) is 63.3 Å². The molecule has 1 saturated carbocycles.